The van der Waals surface area contributed by atoms with Crippen LogP contribution in [0.5, 0.6) is 0 Å². The zero-order valence-corrected chi connectivity index (χ0v) is 16.1. The second-order valence-electron chi connectivity index (χ2n) is 6.71. The molecular formula is C20H16F2N6O2. The summed E-state index contributed by atoms with van der Waals surface area (Å²) in [5, 5.41) is 5.31. The van der Waals surface area contributed by atoms with Crippen LogP contribution in [-0.4, -0.2) is 25.9 Å². The van der Waals surface area contributed by atoms with Crippen LogP contribution >= 0.6 is 0 Å². The number of hydrogen-bond donors (Lipinski definition) is 1. The minimum absolute atomic E-state index is 0.00220. The molecule has 3 heterocycles. The molecule has 0 saturated carbocycles. The Balaban J connectivity index is 1.96. The predicted molar refractivity (Wildman–Crippen MR) is 108 cm³/mol. The number of aromatic nitrogens is 3. The highest BCUT2D eigenvalue weighted by Crippen LogP contribution is 2.25. The van der Waals surface area contributed by atoms with Crippen molar-refractivity contribution in [1.29, 1.82) is 0 Å². The summed E-state index contributed by atoms with van der Waals surface area (Å²) in [5.74, 6) is 0.324. The molecule has 0 spiro atoms. The van der Waals surface area contributed by atoms with Gasteiger partial charge in [-0.25, -0.2) is 18.1 Å². The average Bonchev–Trinajstić information content (AvgIpc) is 3.09. The summed E-state index contributed by atoms with van der Waals surface area (Å²) in [5.41, 5.74) is 2.72. The fourth-order valence-corrected chi connectivity index (χ4v) is 3.37. The minimum Gasteiger partial charge on any atom is -0.284 e. The number of halogens is 2. The lowest BCUT2D eigenvalue weighted by atomic mass is 10.1. The van der Waals surface area contributed by atoms with Crippen LogP contribution in [0.2, 0.25) is 0 Å². The number of hydrazone groups is 1. The molecule has 2 aromatic heterocycles. The molecule has 1 aliphatic heterocycles. The molecule has 0 fully saturated rings. The first kappa shape index (κ1) is 19.5. The van der Waals surface area contributed by atoms with Gasteiger partial charge in [-0.2, -0.15) is 15.6 Å². The first-order chi connectivity index (χ1) is 14.3. The average molecular weight is 410 g/mol. The lowest BCUT2D eigenvalue weighted by Gasteiger charge is -2.21. The van der Waals surface area contributed by atoms with Crippen molar-refractivity contribution in [3.8, 4) is 18.0 Å². The van der Waals surface area contributed by atoms with Crippen LogP contribution in [-0.2, 0) is 6.54 Å². The molecule has 0 saturated heterocycles. The van der Waals surface area contributed by atoms with Gasteiger partial charge in [0.2, 0.25) is 0 Å². The molecular weight excluding hydrogens is 394 g/mol. The number of allylic oxidation sites excluding steroid dienone is 2. The van der Waals surface area contributed by atoms with Gasteiger partial charge < -0.3 is 0 Å². The largest absolute Gasteiger partial charge is 0.336 e. The van der Waals surface area contributed by atoms with Gasteiger partial charge in [0.25, 0.3) is 5.56 Å². The SMILES string of the molecule is C#CCn1c(C)c(N2N=C3C=C(F)C(F)=CC3N2)c(=O)n(-c2cccnc2C)c1=O. The number of hydrogen-bond acceptors (Lipinski definition) is 6. The van der Waals surface area contributed by atoms with Crippen LogP contribution in [0.4, 0.5) is 14.5 Å². The zero-order valence-electron chi connectivity index (χ0n) is 16.1. The summed E-state index contributed by atoms with van der Waals surface area (Å²) in [6, 6.07) is 2.43. The second-order valence-corrected chi connectivity index (χ2v) is 6.71. The number of hydrazine groups is 1. The highest BCUT2D eigenvalue weighted by molar-refractivity contribution is 6.04. The summed E-state index contributed by atoms with van der Waals surface area (Å²) in [6.07, 6.45) is 8.93. The van der Waals surface area contributed by atoms with Gasteiger partial charge in [0, 0.05) is 12.3 Å². The van der Waals surface area contributed by atoms with E-state index in [-0.39, 0.29) is 23.6 Å². The molecule has 4 rings (SSSR count). The summed E-state index contributed by atoms with van der Waals surface area (Å²) < 4.78 is 29.4. The molecule has 10 heteroatoms. The molecule has 2 aromatic rings. The lowest BCUT2D eigenvalue weighted by molar-refractivity contribution is 0.534. The standard InChI is InChI=1S/C20H16F2N6O2/c1-4-8-26-12(3)18(28-24-15-9-13(21)14(22)10-16(15)25-28)19(29)27(20(26)30)17-6-5-7-23-11(17)2/h1,5-7,9-10,15,24H,8H2,2-3H3. The third-order valence-electron chi connectivity index (χ3n) is 4.87. The van der Waals surface area contributed by atoms with Crippen molar-refractivity contribution in [1.82, 2.24) is 19.5 Å². The van der Waals surface area contributed by atoms with Crippen LogP contribution in [0.15, 0.2) is 56.8 Å². The number of fused-ring (bicyclic) bond motifs is 1. The molecule has 0 aromatic carbocycles. The second kappa shape index (κ2) is 7.20. The monoisotopic (exact) mass is 410 g/mol. The number of aryl methyl sites for hydroxylation is 1. The molecule has 1 aliphatic carbocycles. The maximum Gasteiger partial charge on any atom is 0.336 e. The molecule has 0 amide bonds. The Hall–Kier alpha value is -3.84. The quantitative estimate of drug-likeness (QED) is 0.774. The van der Waals surface area contributed by atoms with Crippen molar-refractivity contribution in [2.45, 2.75) is 26.4 Å². The van der Waals surface area contributed by atoms with E-state index < -0.39 is 28.9 Å². The van der Waals surface area contributed by atoms with E-state index in [9.17, 15) is 18.4 Å². The van der Waals surface area contributed by atoms with Crippen molar-refractivity contribution < 1.29 is 8.78 Å². The highest BCUT2D eigenvalue weighted by Gasteiger charge is 2.32. The Morgan fingerprint density at radius 3 is 2.73 bits per heavy atom. The lowest BCUT2D eigenvalue weighted by Crippen LogP contribution is -2.46. The smallest absolute Gasteiger partial charge is 0.284 e. The molecule has 2 aliphatic rings. The van der Waals surface area contributed by atoms with Crippen LogP contribution in [0.1, 0.15) is 11.4 Å². The first-order valence-corrected chi connectivity index (χ1v) is 8.95. The predicted octanol–water partition coefficient (Wildman–Crippen LogP) is 1.41. The van der Waals surface area contributed by atoms with Crippen molar-refractivity contribution in [3.63, 3.8) is 0 Å². The molecule has 0 bridgehead atoms. The van der Waals surface area contributed by atoms with Crippen molar-refractivity contribution in [3.05, 3.63) is 74.4 Å². The summed E-state index contributed by atoms with van der Waals surface area (Å²) in [7, 11) is 0. The van der Waals surface area contributed by atoms with Gasteiger partial charge in [-0.3, -0.25) is 14.3 Å². The van der Waals surface area contributed by atoms with Crippen molar-refractivity contribution in [2.24, 2.45) is 5.10 Å². The van der Waals surface area contributed by atoms with Crippen LogP contribution in [0.25, 0.3) is 5.69 Å². The van der Waals surface area contributed by atoms with Gasteiger partial charge in [-0.15, -0.1) is 6.42 Å². The number of rotatable bonds is 3. The van der Waals surface area contributed by atoms with Gasteiger partial charge in [0.05, 0.1) is 35.4 Å². The van der Waals surface area contributed by atoms with E-state index in [1.54, 1.807) is 32.2 Å². The number of nitrogens with one attached hydrogen (secondary N) is 1. The molecule has 152 valence electrons. The van der Waals surface area contributed by atoms with Crippen LogP contribution in [0, 0.1) is 26.2 Å². The Morgan fingerprint density at radius 1 is 1.27 bits per heavy atom. The summed E-state index contributed by atoms with van der Waals surface area (Å²) in [4.78, 5) is 30.6. The Morgan fingerprint density at radius 2 is 2.03 bits per heavy atom. The topological polar surface area (TPSA) is 84.5 Å². The van der Waals surface area contributed by atoms with E-state index in [1.165, 1.54) is 4.57 Å². The van der Waals surface area contributed by atoms with Crippen LogP contribution < -0.4 is 21.8 Å². The van der Waals surface area contributed by atoms with Crippen molar-refractivity contribution >= 4 is 11.4 Å². The summed E-state index contributed by atoms with van der Waals surface area (Å²) >= 11 is 0. The molecule has 0 radical (unpaired) electrons. The van der Waals surface area contributed by atoms with E-state index in [0.29, 0.717) is 11.4 Å². The highest BCUT2D eigenvalue weighted by atomic mass is 19.2. The zero-order chi connectivity index (χ0) is 21.6. The number of terminal acetylenes is 1. The van der Waals surface area contributed by atoms with E-state index in [0.717, 1.165) is 21.8 Å². The maximum atomic E-state index is 13.6. The normalized spacial score (nSPS) is 17.8. The minimum atomic E-state index is -1.05. The van der Waals surface area contributed by atoms with E-state index in [2.05, 4.69) is 21.4 Å². The molecule has 1 unspecified atom stereocenters. The molecule has 8 nitrogen and oxygen atoms in total. The Kier molecular flexibility index (Phi) is 4.67. The number of pyridine rings is 1. The van der Waals surface area contributed by atoms with Gasteiger partial charge in [-0.05, 0) is 32.1 Å². The van der Waals surface area contributed by atoms with Gasteiger partial charge >= 0.3 is 5.69 Å². The fraction of sp³-hybridized carbons (Fsp3) is 0.200. The van der Waals surface area contributed by atoms with Crippen molar-refractivity contribution in [2.75, 3.05) is 5.12 Å². The number of anilines is 1. The Bertz CT molecular complexity index is 1310. The molecule has 30 heavy (non-hydrogen) atoms. The third-order valence-corrected chi connectivity index (χ3v) is 4.87. The number of nitrogens with zero attached hydrogens (tertiary/aromatic N) is 5. The molecule has 1 N–H and O–H groups in total. The van der Waals surface area contributed by atoms with E-state index in [4.69, 9.17) is 6.42 Å². The Labute approximate surface area is 169 Å². The van der Waals surface area contributed by atoms with Gasteiger partial charge in [0.15, 0.2) is 17.3 Å². The summed E-state index contributed by atoms with van der Waals surface area (Å²) in [6.45, 7) is 3.12. The van der Waals surface area contributed by atoms with E-state index >= 15 is 0 Å². The maximum absolute atomic E-state index is 13.6. The van der Waals surface area contributed by atoms with Gasteiger partial charge in [-0.1, -0.05) is 5.92 Å². The van der Waals surface area contributed by atoms with Gasteiger partial charge in [0.1, 0.15) is 0 Å². The third kappa shape index (κ3) is 2.96. The van der Waals surface area contributed by atoms with E-state index in [1.807, 2.05) is 0 Å². The fourth-order valence-electron chi connectivity index (χ4n) is 3.37. The molecule has 1 atom stereocenters. The first-order valence-electron chi connectivity index (χ1n) is 8.95. The van der Waals surface area contributed by atoms with Crippen LogP contribution in [0.3, 0.4) is 0 Å².